The number of nitrogens with one attached hydrogen (secondary N) is 1. The lowest BCUT2D eigenvalue weighted by Crippen LogP contribution is -2.14. The van der Waals surface area contributed by atoms with Crippen LogP contribution >= 0.6 is 23.5 Å². The van der Waals surface area contributed by atoms with Crippen LogP contribution in [-0.4, -0.2) is 33.0 Å². The molecule has 0 aliphatic carbocycles. The highest BCUT2D eigenvalue weighted by atomic mass is 32.2. The van der Waals surface area contributed by atoms with Gasteiger partial charge in [0, 0.05) is 18.0 Å². The van der Waals surface area contributed by atoms with Gasteiger partial charge in [0.05, 0.1) is 18.1 Å². The van der Waals surface area contributed by atoms with Gasteiger partial charge in [0.25, 0.3) is 0 Å². The maximum absolute atomic E-state index is 12.3. The number of aryl methyl sites for hydroxylation is 1. The molecule has 0 aliphatic rings. The summed E-state index contributed by atoms with van der Waals surface area (Å²) in [5.41, 5.74) is 3.32. The van der Waals surface area contributed by atoms with Crippen LogP contribution in [0, 0.1) is 6.92 Å². The van der Waals surface area contributed by atoms with Crippen molar-refractivity contribution < 1.29 is 9.53 Å². The molecule has 1 N–H and O–H groups in total. The molecule has 1 heterocycles. The van der Waals surface area contributed by atoms with Crippen LogP contribution in [-0.2, 0) is 22.8 Å². The van der Waals surface area contributed by atoms with Crippen LogP contribution in [0.25, 0.3) is 0 Å². The number of nitrogens with zero attached hydrogens (tertiary/aromatic N) is 3. The number of rotatable bonds is 11. The fourth-order valence-corrected chi connectivity index (χ4v) is 4.67. The first kappa shape index (κ1) is 23.2. The summed E-state index contributed by atoms with van der Waals surface area (Å²) >= 11 is 3.22. The number of benzene rings is 2. The van der Waals surface area contributed by atoms with Crippen molar-refractivity contribution in [1.29, 1.82) is 0 Å². The molecule has 31 heavy (non-hydrogen) atoms. The monoisotopic (exact) mass is 456 g/mol. The zero-order valence-electron chi connectivity index (χ0n) is 18.1. The van der Waals surface area contributed by atoms with Crippen LogP contribution in [0.15, 0.2) is 53.7 Å². The van der Waals surface area contributed by atoms with Crippen molar-refractivity contribution in [3.05, 3.63) is 65.5 Å². The van der Waals surface area contributed by atoms with Crippen molar-refractivity contribution in [2.75, 3.05) is 17.7 Å². The van der Waals surface area contributed by atoms with E-state index < -0.39 is 0 Å². The van der Waals surface area contributed by atoms with E-state index in [1.807, 2.05) is 43.0 Å². The van der Waals surface area contributed by atoms with E-state index in [9.17, 15) is 4.79 Å². The highest BCUT2D eigenvalue weighted by Crippen LogP contribution is 2.22. The maximum Gasteiger partial charge on any atom is 0.234 e. The molecular formula is C23H28N4O2S2. The van der Waals surface area contributed by atoms with E-state index >= 15 is 0 Å². The molecule has 0 unspecified atom stereocenters. The third kappa shape index (κ3) is 7.04. The highest BCUT2D eigenvalue weighted by molar-refractivity contribution is 7.99. The number of ether oxygens (including phenoxy) is 1. The molecule has 6 nitrogen and oxygen atoms in total. The Bertz CT molecular complexity index is 972. The third-order valence-corrected chi connectivity index (χ3v) is 6.48. The van der Waals surface area contributed by atoms with E-state index in [-0.39, 0.29) is 11.7 Å². The van der Waals surface area contributed by atoms with E-state index in [0.29, 0.717) is 6.61 Å². The first-order chi connectivity index (χ1) is 15.1. The number of carbonyl (C=O) groups is 1. The van der Waals surface area contributed by atoms with E-state index in [0.717, 1.165) is 40.5 Å². The number of thioether (sulfide) groups is 2. The van der Waals surface area contributed by atoms with Crippen LogP contribution in [0.1, 0.15) is 30.8 Å². The molecule has 0 bridgehead atoms. The molecule has 1 amide bonds. The van der Waals surface area contributed by atoms with Gasteiger partial charge in [0.2, 0.25) is 5.91 Å². The molecular weight excluding hydrogens is 428 g/mol. The Hall–Kier alpha value is -2.45. The Morgan fingerprint density at radius 3 is 2.45 bits per heavy atom. The molecule has 3 rings (SSSR count). The highest BCUT2D eigenvalue weighted by Gasteiger charge is 2.13. The van der Waals surface area contributed by atoms with Crippen molar-refractivity contribution in [3.8, 4) is 5.75 Å². The smallest absolute Gasteiger partial charge is 0.234 e. The van der Waals surface area contributed by atoms with Crippen molar-refractivity contribution in [3.63, 3.8) is 0 Å². The molecule has 1 aromatic heterocycles. The number of aromatic nitrogens is 3. The van der Waals surface area contributed by atoms with Gasteiger partial charge in [-0.15, -0.1) is 22.0 Å². The summed E-state index contributed by atoms with van der Waals surface area (Å²) in [6.07, 6.45) is 0. The number of hydrogen-bond acceptors (Lipinski definition) is 6. The van der Waals surface area contributed by atoms with Gasteiger partial charge in [-0.05, 0) is 50.6 Å². The predicted octanol–water partition coefficient (Wildman–Crippen LogP) is 5.17. The normalized spacial score (nSPS) is 10.8. The molecule has 0 spiro atoms. The minimum absolute atomic E-state index is 0.0740. The average Bonchev–Trinajstić information content (AvgIpc) is 3.17. The molecule has 2 aromatic carbocycles. The first-order valence-corrected chi connectivity index (χ1v) is 12.4. The molecule has 3 aromatic rings. The lowest BCUT2D eigenvalue weighted by atomic mass is 10.2. The summed E-state index contributed by atoms with van der Waals surface area (Å²) in [5, 5.41) is 12.3. The predicted molar refractivity (Wildman–Crippen MR) is 129 cm³/mol. The Morgan fingerprint density at radius 2 is 1.77 bits per heavy atom. The number of carbonyl (C=O) groups excluding carboxylic acids is 1. The van der Waals surface area contributed by atoms with Crippen molar-refractivity contribution in [2.45, 2.75) is 44.0 Å². The largest absolute Gasteiger partial charge is 0.494 e. The van der Waals surface area contributed by atoms with Gasteiger partial charge in [0.1, 0.15) is 11.6 Å². The standard InChI is InChI=1S/C23H28N4O2S2/c1-4-27-21(15-30-14-18-8-6-17(3)7-9-18)25-26-23(27)31-16-22(28)24-19-10-12-20(13-11-19)29-5-2/h6-13H,4-5,14-16H2,1-3H3,(H,24,28). The molecule has 0 atom stereocenters. The molecule has 0 saturated heterocycles. The van der Waals surface area contributed by atoms with Crippen LogP contribution in [0.5, 0.6) is 5.75 Å². The van der Waals surface area contributed by atoms with Gasteiger partial charge in [-0.2, -0.15) is 0 Å². The molecule has 164 valence electrons. The van der Waals surface area contributed by atoms with Crippen molar-refractivity contribution in [2.24, 2.45) is 0 Å². The number of hydrogen-bond donors (Lipinski definition) is 1. The lowest BCUT2D eigenvalue weighted by Gasteiger charge is -2.08. The average molecular weight is 457 g/mol. The zero-order chi connectivity index (χ0) is 22.1. The van der Waals surface area contributed by atoms with Gasteiger partial charge in [-0.25, -0.2) is 0 Å². The van der Waals surface area contributed by atoms with E-state index in [1.54, 1.807) is 0 Å². The number of amides is 1. The van der Waals surface area contributed by atoms with Crippen LogP contribution in [0.2, 0.25) is 0 Å². The second-order valence-corrected chi connectivity index (χ2v) is 8.84. The topological polar surface area (TPSA) is 69.0 Å². The fourth-order valence-electron chi connectivity index (χ4n) is 2.92. The molecule has 0 aliphatic heterocycles. The SMILES string of the molecule is CCOc1ccc(NC(=O)CSc2nnc(CSCc3ccc(C)cc3)n2CC)cc1. The second kappa shape index (κ2) is 11.8. The minimum Gasteiger partial charge on any atom is -0.494 e. The van der Waals surface area contributed by atoms with Gasteiger partial charge >= 0.3 is 0 Å². The van der Waals surface area contributed by atoms with Crippen molar-refractivity contribution in [1.82, 2.24) is 14.8 Å². The lowest BCUT2D eigenvalue weighted by molar-refractivity contribution is -0.113. The Labute approximate surface area is 192 Å². The summed E-state index contributed by atoms with van der Waals surface area (Å²) < 4.78 is 7.50. The van der Waals surface area contributed by atoms with E-state index in [2.05, 4.69) is 58.2 Å². The molecule has 0 radical (unpaired) electrons. The summed E-state index contributed by atoms with van der Waals surface area (Å²) in [6, 6.07) is 16.0. The maximum atomic E-state index is 12.3. The third-order valence-electron chi connectivity index (χ3n) is 4.51. The Balaban J connectivity index is 1.49. The summed E-state index contributed by atoms with van der Waals surface area (Å²) in [7, 11) is 0. The first-order valence-electron chi connectivity index (χ1n) is 10.3. The molecule has 0 saturated carbocycles. The molecule has 0 fully saturated rings. The van der Waals surface area contributed by atoms with Gasteiger partial charge < -0.3 is 14.6 Å². The summed E-state index contributed by atoms with van der Waals surface area (Å²) in [4.78, 5) is 12.3. The van der Waals surface area contributed by atoms with E-state index in [4.69, 9.17) is 4.74 Å². The van der Waals surface area contributed by atoms with Crippen LogP contribution in [0.4, 0.5) is 5.69 Å². The summed E-state index contributed by atoms with van der Waals surface area (Å²) in [5.74, 6) is 3.65. The van der Waals surface area contributed by atoms with E-state index in [1.165, 1.54) is 22.9 Å². The van der Waals surface area contributed by atoms with Gasteiger partial charge in [-0.3, -0.25) is 4.79 Å². The van der Waals surface area contributed by atoms with Crippen LogP contribution < -0.4 is 10.1 Å². The second-order valence-electron chi connectivity index (χ2n) is 6.92. The quantitative estimate of drug-likeness (QED) is 0.402. The fraction of sp³-hybridized carbons (Fsp3) is 0.348. The minimum atomic E-state index is -0.0740. The Morgan fingerprint density at radius 1 is 1.03 bits per heavy atom. The summed E-state index contributed by atoms with van der Waals surface area (Å²) in [6.45, 7) is 7.50. The Kier molecular flexibility index (Phi) is 8.85. The van der Waals surface area contributed by atoms with Crippen LogP contribution in [0.3, 0.4) is 0 Å². The van der Waals surface area contributed by atoms with Gasteiger partial charge in [0.15, 0.2) is 5.16 Å². The van der Waals surface area contributed by atoms with Crippen molar-refractivity contribution >= 4 is 35.1 Å². The molecule has 8 heteroatoms. The van der Waals surface area contributed by atoms with Gasteiger partial charge in [-0.1, -0.05) is 41.6 Å². The number of anilines is 1. The zero-order valence-corrected chi connectivity index (χ0v) is 19.8.